The molecule has 0 bridgehead atoms. The number of aryl methyl sites for hydroxylation is 1. The van der Waals surface area contributed by atoms with Crippen molar-refractivity contribution in [1.82, 2.24) is 29.9 Å². The van der Waals surface area contributed by atoms with Crippen LogP contribution >= 0.6 is 11.6 Å². The van der Waals surface area contributed by atoms with E-state index in [1.165, 1.54) is 5.56 Å². The number of fused-ring (bicyclic) bond motifs is 1. The van der Waals surface area contributed by atoms with Crippen LogP contribution in [0.3, 0.4) is 0 Å². The summed E-state index contributed by atoms with van der Waals surface area (Å²) < 4.78 is 3.64. The van der Waals surface area contributed by atoms with Crippen LogP contribution in [0.4, 0.5) is 0 Å². The fraction of sp³-hybridized carbons (Fsp3) is 0.120. The molecular weight excluding hydrogens is 436 g/mol. The molecule has 0 saturated carbocycles. The van der Waals surface area contributed by atoms with E-state index in [9.17, 15) is 4.79 Å². The average molecular weight is 457 g/mol. The maximum atomic E-state index is 13.0. The van der Waals surface area contributed by atoms with Gasteiger partial charge in [0.05, 0.1) is 22.1 Å². The van der Waals surface area contributed by atoms with Crippen molar-refractivity contribution < 1.29 is 4.79 Å². The van der Waals surface area contributed by atoms with Crippen LogP contribution < -0.4 is 5.32 Å². The van der Waals surface area contributed by atoms with Gasteiger partial charge in [0, 0.05) is 23.8 Å². The minimum absolute atomic E-state index is 0.169. The molecule has 1 N–H and O–H groups in total. The van der Waals surface area contributed by atoms with E-state index >= 15 is 0 Å². The van der Waals surface area contributed by atoms with E-state index in [2.05, 4.69) is 28.5 Å². The van der Waals surface area contributed by atoms with Crippen LogP contribution in [0.5, 0.6) is 0 Å². The largest absolute Gasteiger partial charge is 0.349 e. The van der Waals surface area contributed by atoms with Gasteiger partial charge in [-0.2, -0.15) is 5.10 Å². The lowest BCUT2D eigenvalue weighted by atomic mass is 10.1. The number of halogens is 1. The third kappa shape index (κ3) is 4.36. The van der Waals surface area contributed by atoms with Crippen molar-refractivity contribution >= 4 is 28.4 Å². The van der Waals surface area contributed by atoms with Gasteiger partial charge in [-0.1, -0.05) is 53.6 Å². The Hall–Kier alpha value is -3.97. The van der Waals surface area contributed by atoms with E-state index in [0.717, 1.165) is 22.2 Å². The second-order valence-electron chi connectivity index (χ2n) is 7.84. The molecular formula is C25H21ClN6O. The van der Waals surface area contributed by atoms with E-state index in [4.69, 9.17) is 16.7 Å². The Bertz CT molecular complexity index is 1410. The number of rotatable bonds is 6. The summed E-state index contributed by atoms with van der Waals surface area (Å²) in [5.74, 6) is -0.246. The first kappa shape index (κ1) is 20.9. The zero-order valence-corrected chi connectivity index (χ0v) is 18.6. The quantitative estimate of drug-likeness (QED) is 0.405. The number of carbonyl (C=O) groups is 1. The molecule has 0 aliphatic rings. The zero-order valence-electron chi connectivity index (χ0n) is 17.9. The number of benzene rings is 3. The lowest BCUT2D eigenvalue weighted by molar-refractivity contribution is 0.0949. The first-order valence-electron chi connectivity index (χ1n) is 10.5. The molecule has 1 amide bonds. The maximum absolute atomic E-state index is 13.0. The fourth-order valence-electron chi connectivity index (χ4n) is 3.83. The molecule has 3 aromatic carbocycles. The molecule has 0 radical (unpaired) electrons. The summed E-state index contributed by atoms with van der Waals surface area (Å²) in [6.07, 6.45) is 5.17. The Morgan fingerprint density at radius 3 is 2.58 bits per heavy atom. The number of nitrogens with one attached hydrogen (secondary N) is 1. The van der Waals surface area contributed by atoms with Gasteiger partial charge in [-0.25, -0.2) is 0 Å². The van der Waals surface area contributed by atoms with E-state index in [-0.39, 0.29) is 11.9 Å². The van der Waals surface area contributed by atoms with Crippen LogP contribution in [0.15, 0.2) is 85.6 Å². The third-order valence-electron chi connectivity index (χ3n) is 5.55. The van der Waals surface area contributed by atoms with Crippen molar-refractivity contribution in [2.24, 2.45) is 0 Å². The van der Waals surface area contributed by atoms with Crippen LogP contribution in [0, 0.1) is 6.92 Å². The van der Waals surface area contributed by atoms with Gasteiger partial charge in [-0.15, -0.1) is 10.2 Å². The number of carbonyl (C=O) groups excluding carboxylic acids is 1. The molecule has 2 heterocycles. The third-order valence-corrected chi connectivity index (χ3v) is 5.86. The molecule has 5 rings (SSSR count). The summed E-state index contributed by atoms with van der Waals surface area (Å²) >= 11 is 6.43. The second kappa shape index (κ2) is 8.88. The Labute approximate surface area is 195 Å². The number of aromatic nitrogens is 5. The highest BCUT2D eigenvalue weighted by Crippen LogP contribution is 2.23. The van der Waals surface area contributed by atoms with Gasteiger partial charge in [0.25, 0.3) is 5.91 Å². The van der Waals surface area contributed by atoms with Gasteiger partial charge in [-0.05, 0) is 42.8 Å². The molecule has 0 saturated heterocycles. The van der Waals surface area contributed by atoms with Crippen molar-refractivity contribution in [2.45, 2.75) is 13.0 Å². The van der Waals surface area contributed by atoms with Gasteiger partial charge in [0.15, 0.2) is 0 Å². The highest BCUT2D eigenvalue weighted by atomic mass is 35.5. The standard InChI is InChI=1S/C25H21ClN6O/c1-17-7-10-23-19(11-17)14-32(30-23)24(18-5-3-2-4-6-18)13-27-25(33)21-9-8-20(12-22(21)26)31-15-28-29-16-31/h2-12,14-16,24H,13H2,1H3,(H,27,33)/t24-/m0/s1. The molecule has 1 atom stereocenters. The van der Waals surface area contributed by atoms with Gasteiger partial charge < -0.3 is 5.32 Å². The number of hydrogen-bond acceptors (Lipinski definition) is 4. The summed E-state index contributed by atoms with van der Waals surface area (Å²) in [5.41, 5.74) is 4.33. The molecule has 0 aliphatic carbocycles. The lowest BCUT2D eigenvalue weighted by Crippen LogP contribution is -2.31. The van der Waals surface area contributed by atoms with Gasteiger partial charge in [-0.3, -0.25) is 14.0 Å². The summed E-state index contributed by atoms with van der Waals surface area (Å²) in [7, 11) is 0. The van der Waals surface area contributed by atoms with Gasteiger partial charge in [0.2, 0.25) is 0 Å². The topological polar surface area (TPSA) is 77.6 Å². The van der Waals surface area contributed by atoms with Gasteiger partial charge in [0.1, 0.15) is 12.7 Å². The zero-order chi connectivity index (χ0) is 22.8. The van der Waals surface area contributed by atoms with E-state index < -0.39 is 0 Å². The Morgan fingerprint density at radius 1 is 1.03 bits per heavy atom. The first-order chi connectivity index (χ1) is 16.1. The van der Waals surface area contributed by atoms with Crippen LogP contribution in [0.1, 0.15) is 27.5 Å². The van der Waals surface area contributed by atoms with E-state index in [1.54, 1.807) is 35.4 Å². The van der Waals surface area contributed by atoms with Crippen molar-refractivity contribution in [3.63, 3.8) is 0 Å². The minimum Gasteiger partial charge on any atom is -0.349 e. The molecule has 0 unspecified atom stereocenters. The molecule has 8 heteroatoms. The molecule has 5 aromatic rings. The Morgan fingerprint density at radius 2 is 1.82 bits per heavy atom. The van der Waals surface area contributed by atoms with Crippen molar-refractivity contribution in [3.05, 3.63) is 107 Å². The summed E-state index contributed by atoms with van der Waals surface area (Å²) in [6, 6.07) is 21.2. The van der Waals surface area contributed by atoms with E-state index in [0.29, 0.717) is 17.1 Å². The molecule has 7 nitrogen and oxygen atoms in total. The monoisotopic (exact) mass is 456 g/mol. The lowest BCUT2D eigenvalue weighted by Gasteiger charge is -2.19. The molecule has 2 aromatic heterocycles. The minimum atomic E-state index is -0.246. The van der Waals surface area contributed by atoms with Crippen LogP contribution in [-0.2, 0) is 0 Å². The SMILES string of the molecule is Cc1ccc2nn([C@@H](CNC(=O)c3ccc(-n4cnnc4)cc3Cl)c3ccccc3)cc2c1. The average Bonchev–Trinajstić information content (AvgIpc) is 3.50. The predicted octanol–water partition coefficient (Wildman–Crippen LogP) is 4.60. The first-order valence-corrected chi connectivity index (χ1v) is 10.9. The van der Waals surface area contributed by atoms with Crippen molar-refractivity contribution in [1.29, 1.82) is 0 Å². The smallest absolute Gasteiger partial charge is 0.252 e. The highest BCUT2D eigenvalue weighted by Gasteiger charge is 2.19. The van der Waals surface area contributed by atoms with Gasteiger partial charge >= 0.3 is 0 Å². The molecule has 0 fully saturated rings. The molecule has 0 spiro atoms. The van der Waals surface area contributed by atoms with Crippen LogP contribution in [0.2, 0.25) is 5.02 Å². The Balaban J connectivity index is 1.40. The van der Waals surface area contributed by atoms with E-state index in [1.807, 2.05) is 53.3 Å². The highest BCUT2D eigenvalue weighted by molar-refractivity contribution is 6.34. The van der Waals surface area contributed by atoms with Crippen LogP contribution in [-0.4, -0.2) is 37.0 Å². The second-order valence-corrected chi connectivity index (χ2v) is 8.25. The number of amides is 1. The fourth-order valence-corrected chi connectivity index (χ4v) is 4.09. The number of hydrogen-bond donors (Lipinski definition) is 1. The summed E-state index contributed by atoms with van der Waals surface area (Å²) in [5, 5.41) is 16.8. The predicted molar refractivity (Wildman–Crippen MR) is 128 cm³/mol. The summed E-state index contributed by atoms with van der Waals surface area (Å²) in [4.78, 5) is 13.0. The summed E-state index contributed by atoms with van der Waals surface area (Å²) in [6.45, 7) is 2.42. The normalized spacial score (nSPS) is 12.1. The maximum Gasteiger partial charge on any atom is 0.252 e. The Kier molecular flexibility index (Phi) is 5.62. The van der Waals surface area contributed by atoms with Crippen molar-refractivity contribution in [2.75, 3.05) is 6.54 Å². The molecule has 0 aliphatic heterocycles. The number of nitrogens with zero attached hydrogens (tertiary/aromatic N) is 5. The van der Waals surface area contributed by atoms with Crippen LogP contribution in [0.25, 0.3) is 16.6 Å². The van der Waals surface area contributed by atoms with Crippen molar-refractivity contribution in [3.8, 4) is 5.69 Å². The molecule has 33 heavy (non-hydrogen) atoms. The molecule has 164 valence electrons.